The highest BCUT2D eigenvalue weighted by atomic mass is 16.3. The van der Waals surface area contributed by atoms with Crippen LogP contribution >= 0.6 is 0 Å². The molecule has 0 bridgehead atoms. The van der Waals surface area contributed by atoms with Crippen LogP contribution in [-0.2, 0) is 0 Å². The van der Waals surface area contributed by atoms with Crippen LogP contribution in [0, 0.1) is 12.8 Å². The van der Waals surface area contributed by atoms with Gasteiger partial charge in [0.05, 0.1) is 17.9 Å². The Kier molecular flexibility index (Phi) is 3.01. The number of rotatable bonds is 4. The predicted molar refractivity (Wildman–Crippen MR) is 59.1 cm³/mol. The molecule has 0 saturated heterocycles. The van der Waals surface area contributed by atoms with Crippen LogP contribution in [0.3, 0.4) is 0 Å². The molecule has 0 aromatic carbocycles. The number of carbonyl (C=O) groups is 1. The van der Waals surface area contributed by atoms with E-state index in [2.05, 4.69) is 0 Å². The molecule has 1 amide bonds. The first-order valence-electron chi connectivity index (χ1n) is 5.57. The first-order valence-corrected chi connectivity index (χ1v) is 5.57. The third-order valence-corrected chi connectivity index (χ3v) is 3.06. The van der Waals surface area contributed by atoms with Crippen molar-refractivity contribution >= 4 is 5.91 Å². The molecule has 1 aliphatic rings. The van der Waals surface area contributed by atoms with Crippen LogP contribution in [-0.4, -0.2) is 35.6 Å². The Balaban J connectivity index is 1.96. The van der Waals surface area contributed by atoms with Crippen molar-refractivity contribution in [2.75, 3.05) is 13.6 Å². The Hall–Kier alpha value is -1.29. The van der Waals surface area contributed by atoms with Crippen molar-refractivity contribution in [2.45, 2.75) is 25.9 Å². The number of amides is 1. The first-order chi connectivity index (χ1) is 7.59. The van der Waals surface area contributed by atoms with Crippen molar-refractivity contribution in [3.05, 3.63) is 23.7 Å². The molecule has 1 N–H and O–H groups in total. The van der Waals surface area contributed by atoms with Gasteiger partial charge in [-0.25, -0.2) is 0 Å². The summed E-state index contributed by atoms with van der Waals surface area (Å²) in [6.07, 6.45) is 3.27. The number of hydrogen-bond acceptors (Lipinski definition) is 3. The SMILES string of the molecule is Cc1occc1C(=O)N(C)CC(O)C1CC1. The van der Waals surface area contributed by atoms with E-state index >= 15 is 0 Å². The van der Waals surface area contributed by atoms with Crippen molar-refractivity contribution in [3.63, 3.8) is 0 Å². The number of aliphatic hydroxyl groups excluding tert-OH is 1. The molecule has 4 nitrogen and oxygen atoms in total. The van der Waals surface area contributed by atoms with E-state index in [4.69, 9.17) is 4.42 Å². The van der Waals surface area contributed by atoms with Gasteiger partial charge >= 0.3 is 0 Å². The van der Waals surface area contributed by atoms with Gasteiger partial charge in [-0.1, -0.05) is 0 Å². The van der Waals surface area contributed by atoms with E-state index in [-0.39, 0.29) is 12.0 Å². The van der Waals surface area contributed by atoms with Gasteiger partial charge < -0.3 is 14.4 Å². The van der Waals surface area contributed by atoms with Gasteiger partial charge in [0.15, 0.2) is 0 Å². The Morgan fingerprint density at radius 3 is 2.88 bits per heavy atom. The summed E-state index contributed by atoms with van der Waals surface area (Å²) in [4.78, 5) is 13.5. The molecule has 2 rings (SSSR count). The number of aryl methyl sites for hydroxylation is 1. The molecule has 0 spiro atoms. The van der Waals surface area contributed by atoms with Gasteiger partial charge in [0.1, 0.15) is 5.76 Å². The highest BCUT2D eigenvalue weighted by molar-refractivity contribution is 5.94. The molecule has 1 atom stereocenters. The van der Waals surface area contributed by atoms with E-state index in [9.17, 15) is 9.90 Å². The fourth-order valence-electron chi connectivity index (χ4n) is 1.81. The van der Waals surface area contributed by atoms with Gasteiger partial charge in [-0.2, -0.15) is 0 Å². The summed E-state index contributed by atoms with van der Waals surface area (Å²) in [6.45, 7) is 2.16. The van der Waals surface area contributed by atoms with Crippen LogP contribution in [0.4, 0.5) is 0 Å². The summed E-state index contributed by atoms with van der Waals surface area (Å²) in [5.74, 6) is 0.921. The van der Waals surface area contributed by atoms with Crippen molar-refractivity contribution < 1.29 is 14.3 Å². The van der Waals surface area contributed by atoms with Crippen molar-refractivity contribution in [1.29, 1.82) is 0 Å². The third-order valence-electron chi connectivity index (χ3n) is 3.06. The summed E-state index contributed by atoms with van der Waals surface area (Å²) in [5.41, 5.74) is 0.575. The highest BCUT2D eigenvalue weighted by Gasteiger charge is 2.31. The van der Waals surface area contributed by atoms with Crippen LogP contribution in [0.2, 0.25) is 0 Å². The summed E-state index contributed by atoms with van der Waals surface area (Å²) < 4.78 is 5.09. The predicted octanol–water partition coefficient (Wildman–Crippen LogP) is 1.43. The van der Waals surface area contributed by atoms with Gasteiger partial charge in [-0.3, -0.25) is 4.79 Å². The Morgan fingerprint density at radius 1 is 1.69 bits per heavy atom. The third kappa shape index (κ3) is 2.27. The van der Waals surface area contributed by atoms with Gasteiger partial charge in [-0.15, -0.1) is 0 Å². The molecule has 1 aromatic rings. The van der Waals surface area contributed by atoms with Crippen molar-refractivity contribution in [1.82, 2.24) is 4.90 Å². The molecular formula is C12H17NO3. The van der Waals surface area contributed by atoms with Crippen LogP contribution in [0.1, 0.15) is 29.0 Å². The van der Waals surface area contributed by atoms with Gasteiger partial charge in [0.25, 0.3) is 5.91 Å². The van der Waals surface area contributed by atoms with E-state index < -0.39 is 0 Å². The Labute approximate surface area is 94.9 Å². The molecule has 1 aliphatic carbocycles. The zero-order valence-electron chi connectivity index (χ0n) is 9.64. The minimum absolute atomic E-state index is 0.0917. The number of likely N-dealkylation sites (N-methyl/N-ethyl adjacent to an activating group) is 1. The lowest BCUT2D eigenvalue weighted by Gasteiger charge is -2.20. The quantitative estimate of drug-likeness (QED) is 0.840. The normalized spacial score (nSPS) is 17.2. The molecule has 1 heterocycles. The summed E-state index contributed by atoms with van der Waals surface area (Å²) in [7, 11) is 1.71. The largest absolute Gasteiger partial charge is 0.469 e. The van der Waals surface area contributed by atoms with Crippen LogP contribution in [0.5, 0.6) is 0 Å². The van der Waals surface area contributed by atoms with E-state index in [1.807, 2.05) is 0 Å². The molecule has 0 radical (unpaired) electrons. The van der Waals surface area contributed by atoms with E-state index in [1.54, 1.807) is 24.9 Å². The minimum atomic E-state index is -0.388. The average molecular weight is 223 g/mol. The fraction of sp³-hybridized carbons (Fsp3) is 0.583. The van der Waals surface area contributed by atoms with E-state index in [0.29, 0.717) is 23.8 Å². The van der Waals surface area contributed by atoms with E-state index in [1.165, 1.54) is 6.26 Å². The molecule has 1 fully saturated rings. The highest BCUT2D eigenvalue weighted by Crippen LogP contribution is 2.32. The molecule has 88 valence electrons. The molecule has 0 aliphatic heterocycles. The van der Waals surface area contributed by atoms with Crippen molar-refractivity contribution in [2.24, 2.45) is 5.92 Å². The van der Waals surface area contributed by atoms with Crippen LogP contribution in [0.25, 0.3) is 0 Å². The van der Waals surface area contributed by atoms with Gasteiger partial charge in [0.2, 0.25) is 0 Å². The zero-order chi connectivity index (χ0) is 11.7. The van der Waals surface area contributed by atoms with E-state index in [0.717, 1.165) is 12.8 Å². The second-order valence-electron chi connectivity index (χ2n) is 4.48. The topological polar surface area (TPSA) is 53.7 Å². The standard InChI is InChI=1S/C12H17NO3/c1-8-10(5-6-16-8)12(15)13(2)7-11(14)9-3-4-9/h5-6,9,11,14H,3-4,7H2,1-2H3. The number of carbonyl (C=O) groups excluding carboxylic acids is 1. The number of hydrogen-bond donors (Lipinski definition) is 1. The molecular weight excluding hydrogens is 206 g/mol. The lowest BCUT2D eigenvalue weighted by Crippen LogP contribution is -2.35. The number of aliphatic hydroxyl groups is 1. The molecule has 16 heavy (non-hydrogen) atoms. The number of furan rings is 1. The maximum atomic E-state index is 12.0. The Bertz CT molecular complexity index is 381. The zero-order valence-corrected chi connectivity index (χ0v) is 9.64. The van der Waals surface area contributed by atoms with Crippen LogP contribution < -0.4 is 0 Å². The maximum absolute atomic E-state index is 12.0. The number of nitrogens with zero attached hydrogens (tertiary/aromatic N) is 1. The summed E-state index contributed by atoms with van der Waals surface area (Å²) in [6, 6.07) is 1.66. The lowest BCUT2D eigenvalue weighted by molar-refractivity contribution is 0.0644. The maximum Gasteiger partial charge on any atom is 0.257 e. The lowest BCUT2D eigenvalue weighted by atomic mass is 10.2. The second-order valence-corrected chi connectivity index (χ2v) is 4.48. The second kappa shape index (κ2) is 4.29. The molecule has 1 unspecified atom stereocenters. The smallest absolute Gasteiger partial charge is 0.257 e. The fourth-order valence-corrected chi connectivity index (χ4v) is 1.81. The molecule has 4 heteroatoms. The molecule has 1 saturated carbocycles. The summed E-state index contributed by atoms with van der Waals surface area (Å²) in [5, 5.41) is 9.76. The minimum Gasteiger partial charge on any atom is -0.469 e. The first kappa shape index (κ1) is 11.2. The Morgan fingerprint density at radius 2 is 2.38 bits per heavy atom. The van der Waals surface area contributed by atoms with Gasteiger partial charge in [0, 0.05) is 13.6 Å². The summed E-state index contributed by atoms with van der Waals surface area (Å²) >= 11 is 0. The van der Waals surface area contributed by atoms with Gasteiger partial charge in [-0.05, 0) is 31.7 Å². The van der Waals surface area contributed by atoms with Crippen molar-refractivity contribution in [3.8, 4) is 0 Å². The average Bonchev–Trinajstić information content (AvgIpc) is 3.01. The monoisotopic (exact) mass is 223 g/mol. The molecule has 1 aromatic heterocycles. The van der Waals surface area contributed by atoms with Crippen LogP contribution in [0.15, 0.2) is 16.7 Å².